The van der Waals surface area contributed by atoms with Gasteiger partial charge in [0.2, 0.25) is 0 Å². The van der Waals surface area contributed by atoms with Crippen molar-refractivity contribution in [1.29, 1.82) is 0 Å². The molecule has 0 aliphatic heterocycles. The van der Waals surface area contributed by atoms with Crippen LogP contribution in [0.25, 0.3) is 43.4 Å². The van der Waals surface area contributed by atoms with Crippen LogP contribution in [0.5, 0.6) is 0 Å². The van der Waals surface area contributed by atoms with Crippen molar-refractivity contribution in [2.75, 3.05) is 0 Å². The molecule has 6 aromatic carbocycles. The molecule has 0 saturated heterocycles. The molecule has 0 amide bonds. The Morgan fingerprint density at radius 1 is 0.667 bits per heavy atom. The Bertz CT molecular complexity index is 1640. The van der Waals surface area contributed by atoms with Gasteiger partial charge in [0.15, 0.2) is 0 Å². The van der Waals surface area contributed by atoms with E-state index in [1.807, 2.05) is 0 Å². The zero-order valence-electron chi connectivity index (χ0n) is 23.7. The molecule has 0 aliphatic carbocycles. The van der Waals surface area contributed by atoms with Crippen molar-refractivity contribution in [2.24, 2.45) is 0 Å². The summed E-state index contributed by atoms with van der Waals surface area (Å²) in [4.78, 5) is 0. The summed E-state index contributed by atoms with van der Waals surface area (Å²) in [5, 5.41) is 8.11. The standard InChI is InChI=1S/C20H15.C13H15.C2H6Si.2ClH.Ti/c1-14-10-11-19(20-9-5-4-8-18(14)20)17-12-15-6-2-3-7-16(15)13-17;1-9(2)12-6-4-5-11-7-10(3)8-13(11)12;1-3-2;;;/h2-13H,1H3;4-9H,1-3H3;1-2H3;2*1H;/q2*-1;;;;+2. The molecule has 0 spiro atoms. The van der Waals surface area contributed by atoms with Gasteiger partial charge in [0, 0.05) is 0 Å². The molecule has 4 heteroatoms. The van der Waals surface area contributed by atoms with Crippen molar-refractivity contribution < 1.29 is 19.2 Å². The van der Waals surface area contributed by atoms with E-state index in [0.29, 0.717) is 5.92 Å². The molecule has 0 radical (unpaired) electrons. The summed E-state index contributed by atoms with van der Waals surface area (Å²) in [6.45, 7) is 13.4. The van der Waals surface area contributed by atoms with Crippen LogP contribution in [0.2, 0.25) is 13.1 Å². The van der Waals surface area contributed by atoms with Crippen molar-refractivity contribution in [3.05, 3.63) is 120 Å². The molecule has 0 nitrogen and oxygen atoms in total. The van der Waals surface area contributed by atoms with Gasteiger partial charge < -0.3 is 0 Å². The Hall–Kier alpha value is -2.13. The summed E-state index contributed by atoms with van der Waals surface area (Å²) in [5.74, 6) is 0.616. The van der Waals surface area contributed by atoms with Crippen LogP contribution in [0.4, 0.5) is 0 Å². The van der Waals surface area contributed by atoms with Gasteiger partial charge in [-0.1, -0.05) is 92.6 Å². The van der Waals surface area contributed by atoms with Gasteiger partial charge in [0.05, 0.1) is 0 Å². The van der Waals surface area contributed by atoms with Gasteiger partial charge in [-0.25, -0.2) is 0 Å². The number of hydrogen-bond acceptors (Lipinski definition) is 0. The minimum Gasteiger partial charge on any atom is -0.165 e. The van der Waals surface area contributed by atoms with Gasteiger partial charge in [0.1, 0.15) is 0 Å². The first kappa shape index (κ1) is 33.1. The first-order valence-electron chi connectivity index (χ1n) is 13.1. The van der Waals surface area contributed by atoms with Crippen LogP contribution < -0.4 is 0 Å². The number of fused-ring (bicyclic) bond motifs is 3. The molecule has 0 unspecified atom stereocenters. The second-order valence-electron chi connectivity index (χ2n) is 10.4. The molecular formula is C35H38Cl2SiTi. The van der Waals surface area contributed by atoms with Crippen LogP contribution in [-0.2, 0) is 19.2 Å². The molecule has 200 valence electrons. The van der Waals surface area contributed by atoms with E-state index in [1.165, 1.54) is 60.1 Å². The fourth-order valence-corrected chi connectivity index (χ4v) is 4.92. The van der Waals surface area contributed by atoms with E-state index in [2.05, 4.69) is 163 Å². The fraction of sp³-hybridized carbons (Fsp3) is 0.200. The maximum Gasteiger partial charge on any atom is -0.0224 e. The number of hydrogen-bond donors (Lipinski definition) is 0. The van der Waals surface area contributed by atoms with Crippen molar-refractivity contribution >= 4 is 63.3 Å². The summed E-state index contributed by atoms with van der Waals surface area (Å²) in [6.07, 6.45) is 0.120. The third-order valence-corrected chi connectivity index (χ3v) is 6.62. The zero-order valence-corrected chi connectivity index (χ0v) is 27.9. The summed E-state index contributed by atoms with van der Waals surface area (Å²) in [7, 11) is 0. The van der Waals surface area contributed by atoms with E-state index in [9.17, 15) is 0 Å². The molecule has 6 aromatic rings. The smallest absolute Gasteiger partial charge is 0.0224 e. The third kappa shape index (κ3) is 8.19. The molecule has 0 bridgehead atoms. The van der Waals surface area contributed by atoms with Crippen molar-refractivity contribution in [1.82, 2.24) is 0 Å². The Morgan fingerprint density at radius 2 is 1.28 bits per heavy atom. The van der Waals surface area contributed by atoms with Gasteiger partial charge in [-0.3, -0.25) is 0 Å². The van der Waals surface area contributed by atoms with E-state index < -0.39 is 0 Å². The molecule has 39 heavy (non-hydrogen) atoms. The fourth-order valence-electron chi connectivity index (χ4n) is 4.92. The summed E-state index contributed by atoms with van der Waals surface area (Å²) >= 11 is 2.27. The number of benzene rings is 4. The first-order valence-corrected chi connectivity index (χ1v) is 17.9. The summed E-state index contributed by atoms with van der Waals surface area (Å²) in [5.41, 5.74) is 6.79. The van der Waals surface area contributed by atoms with Crippen molar-refractivity contribution in [2.45, 2.75) is 46.7 Å². The SMILES string of the molecule is C[Si](C)=[Ti+2].Cc1cc2c(C(C)C)cccc2[cH-]1.Cc1ccc(-c2cc3ccccc3[cH-]2)c2ccccc12.Cl.Cl. The Morgan fingerprint density at radius 3 is 1.95 bits per heavy atom. The van der Waals surface area contributed by atoms with Gasteiger partial charge in [-0.05, 0) is 29.2 Å². The molecule has 0 fully saturated rings. The number of halogens is 2. The molecular weight excluding hydrogens is 567 g/mol. The summed E-state index contributed by atoms with van der Waals surface area (Å²) in [6, 6.07) is 37.3. The molecule has 0 N–H and O–H groups in total. The second kappa shape index (κ2) is 15.0. The van der Waals surface area contributed by atoms with Gasteiger partial charge in [-0.2, -0.15) is 6.07 Å². The molecule has 6 rings (SSSR count). The van der Waals surface area contributed by atoms with Crippen LogP contribution in [0.15, 0.2) is 103 Å². The van der Waals surface area contributed by atoms with E-state index >= 15 is 0 Å². The average molecular weight is 606 g/mol. The maximum absolute atomic E-state index is 2.28. The molecule has 0 saturated carbocycles. The molecule has 0 atom stereocenters. The Balaban J connectivity index is 0.000000245. The normalized spacial score (nSPS) is 10.3. The third-order valence-electron chi connectivity index (χ3n) is 6.62. The molecule has 0 aromatic heterocycles. The Labute approximate surface area is 258 Å². The average Bonchev–Trinajstić information content (AvgIpc) is 3.46. The predicted octanol–water partition coefficient (Wildman–Crippen LogP) is 11.3. The van der Waals surface area contributed by atoms with E-state index in [-0.39, 0.29) is 31.0 Å². The topological polar surface area (TPSA) is 0 Å². The number of aryl methyl sites for hydroxylation is 2. The minimum absolute atomic E-state index is 0. The largest absolute Gasteiger partial charge is 0.165 e. The Kier molecular flexibility index (Phi) is 12.7. The van der Waals surface area contributed by atoms with Crippen LogP contribution in [0.1, 0.15) is 36.5 Å². The van der Waals surface area contributed by atoms with Crippen LogP contribution in [-0.4, -0.2) is 6.19 Å². The summed E-state index contributed by atoms with van der Waals surface area (Å²) < 4.78 is 0. The van der Waals surface area contributed by atoms with E-state index in [0.717, 1.165) is 0 Å². The quantitative estimate of drug-likeness (QED) is 0.136. The maximum atomic E-state index is 2.28. The van der Waals surface area contributed by atoms with Crippen LogP contribution in [0, 0.1) is 13.8 Å². The predicted molar refractivity (Wildman–Crippen MR) is 178 cm³/mol. The van der Waals surface area contributed by atoms with Crippen molar-refractivity contribution in [3.8, 4) is 11.1 Å². The number of rotatable bonds is 2. The first-order chi connectivity index (χ1) is 17.7. The molecule has 0 aliphatic rings. The van der Waals surface area contributed by atoms with Gasteiger partial charge >= 0.3 is 38.5 Å². The van der Waals surface area contributed by atoms with E-state index in [1.54, 1.807) is 0 Å². The minimum atomic E-state index is 0. The van der Waals surface area contributed by atoms with Gasteiger partial charge in [0.25, 0.3) is 0 Å². The van der Waals surface area contributed by atoms with Gasteiger partial charge in [-0.15, -0.1) is 93.9 Å². The van der Waals surface area contributed by atoms with Crippen LogP contribution >= 0.6 is 24.8 Å². The molecule has 0 heterocycles. The second-order valence-corrected chi connectivity index (χ2v) is 17.1. The van der Waals surface area contributed by atoms with Crippen molar-refractivity contribution in [3.63, 3.8) is 0 Å². The van der Waals surface area contributed by atoms with E-state index in [4.69, 9.17) is 0 Å². The monoisotopic (exact) mass is 604 g/mol. The zero-order chi connectivity index (χ0) is 26.5. The van der Waals surface area contributed by atoms with Crippen LogP contribution in [0.3, 0.4) is 0 Å².